The Kier molecular flexibility index (Phi) is 4.66. The maximum atomic E-state index is 13.4. The van der Waals surface area contributed by atoms with Crippen LogP contribution in [0, 0.1) is 5.82 Å². The van der Waals surface area contributed by atoms with Crippen molar-refractivity contribution in [2.45, 2.75) is 25.3 Å². The molecule has 6 heteroatoms. The Labute approximate surface area is 184 Å². The van der Waals surface area contributed by atoms with E-state index in [2.05, 4.69) is 11.4 Å². The molecule has 1 N–H and O–H groups in total. The maximum absolute atomic E-state index is 13.4. The second-order valence-electron chi connectivity index (χ2n) is 8.22. The number of benzene rings is 3. The summed E-state index contributed by atoms with van der Waals surface area (Å²) in [5.41, 5.74) is 4.13. The molecule has 1 heterocycles. The third kappa shape index (κ3) is 3.02. The number of nitrogens with zero attached hydrogens (tertiary/aromatic N) is 1. The zero-order valence-electron chi connectivity index (χ0n) is 17.5. The summed E-state index contributed by atoms with van der Waals surface area (Å²) in [6.45, 7) is 1.42. The van der Waals surface area contributed by atoms with Crippen LogP contribution in [0.1, 0.15) is 40.4 Å². The van der Waals surface area contributed by atoms with E-state index in [4.69, 9.17) is 0 Å². The number of halogens is 1. The molecule has 32 heavy (non-hydrogen) atoms. The second kappa shape index (κ2) is 7.41. The number of ketones is 1. The molecule has 3 amide bonds. The molecule has 3 aromatic carbocycles. The van der Waals surface area contributed by atoms with Crippen LogP contribution in [0.15, 0.2) is 66.7 Å². The van der Waals surface area contributed by atoms with Crippen LogP contribution in [-0.2, 0) is 16.8 Å². The fraction of sp³-hybridized carbons (Fsp3) is 0.192. The SMILES string of the molecule is CCC1(c2ccc(F)cc2)NC(=O)N(CC(=O)c2ccc3c(c2)-c2ccccc2C3)C1=O. The third-order valence-corrected chi connectivity index (χ3v) is 6.47. The van der Waals surface area contributed by atoms with E-state index in [1.165, 1.54) is 29.8 Å². The standard InChI is InChI=1S/C26H21FN2O3/c1-2-26(19-9-11-20(27)12-10-19)24(31)29(25(32)28-26)15-23(30)18-8-7-17-13-16-5-3-4-6-21(16)22(17)14-18/h3-12,14H,2,13,15H2,1H3,(H,28,32). The minimum atomic E-state index is -1.30. The van der Waals surface area contributed by atoms with Crippen LogP contribution in [0.3, 0.4) is 0 Å². The quantitative estimate of drug-likeness (QED) is 0.378. The van der Waals surface area contributed by atoms with Crippen LogP contribution in [-0.4, -0.2) is 29.2 Å². The summed E-state index contributed by atoms with van der Waals surface area (Å²) in [7, 11) is 0. The molecule has 1 aliphatic carbocycles. The van der Waals surface area contributed by atoms with Gasteiger partial charge in [-0.3, -0.25) is 14.5 Å². The molecule has 1 atom stereocenters. The first-order valence-electron chi connectivity index (χ1n) is 10.6. The van der Waals surface area contributed by atoms with Gasteiger partial charge in [0.1, 0.15) is 11.4 Å². The molecule has 5 nitrogen and oxygen atoms in total. The van der Waals surface area contributed by atoms with Crippen molar-refractivity contribution in [3.8, 4) is 11.1 Å². The first-order valence-corrected chi connectivity index (χ1v) is 10.6. The molecule has 0 aromatic heterocycles. The number of carbonyl (C=O) groups is 3. The van der Waals surface area contributed by atoms with E-state index in [1.807, 2.05) is 30.3 Å². The van der Waals surface area contributed by atoms with Crippen molar-refractivity contribution >= 4 is 17.7 Å². The fourth-order valence-electron chi connectivity index (χ4n) is 4.68. The number of nitrogens with one attached hydrogen (secondary N) is 1. The van der Waals surface area contributed by atoms with Gasteiger partial charge in [-0.25, -0.2) is 9.18 Å². The molecule has 2 aliphatic rings. The van der Waals surface area contributed by atoms with Crippen LogP contribution in [0.4, 0.5) is 9.18 Å². The second-order valence-corrected chi connectivity index (χ2v) is 8.22. The molecule has 1 fully saturated rings. The number of hydrogen-bond donors (Lipinski definition) is 1. The Morgan fingerprint density at radius 2 is 1.72 bits per heavy atom. The molecule has 0 saturated carbocycles. The van der Waals surface area contributed by atoms with Crippen molar-refractivity contribution in [1.29, 1.82) is 0 Å². The Bertz CT molecular complexity index is 1270. The average molecular weight is 428 g/mol. The number of fused-ring (bicyclic) bond motifs is 3. The van der Waals surface area contributed by atoms with E-state index in [0.717, 1.165) is 28.0 Å². The van der Waals surface area contributed by atoms with Gasteiger partial charge in [-0.15, -0.1) is 0 Å². The molecular formula is C26H21FN2O3. The topological polar surface area (TPSA) is 66.5 Å². The first kappa shape index (κ1) is 20.1. The minimum Gasteiger partial charge on any atom is -0.319 e. The average Bonchev–Trinajstić information content (AvgIpc) is 3.29. The fourth-order valence-corrected chi connectivity index (χ4v) is 4.68. The predicted octanol–water partition coefficient (Wildman–Crippen LogP) is 4.44. The van der Waals surface area contributed by atoms with Gasteiger partial charge in [-0.2, -0.15) is 0 Å². The molecule has 0 spiro atoms. The van der Waals surface area contributed by atoms with Gasteiger partial charge in [0, 0.05) is 5.56 Å². The number of rotatable bonds is 5. The Hall–Kier alpha value is -3.80. The number of imide groups is 1. The summed E-state index contributed by atoms with van der Waals surface area (Å²) < 4.78 is 13.4. The maximum Gasteiger partial charge on any atom is 0.325 e. The largest absolute Gasteiger partial charge is 0.325 e. The molecule has 0 bridgehead atoms. The van der Waals surface area contributed by atoms with Gasteiger partial charge >= 0.3 is 6.03 Å². The van der Waals surface area contributed by atoms with Crippen molar-refractivity contribution in [2.75, 3.05) is 6.54 Å². The lowest BCUT2D eigenvalue weighted by atomic mass is 9.87. The monoisotopic (exact) mass is 428 g/mol. The molecular weight excluding hydrogens is 407 g/mol. The molecule has 160 valence electrons. The van der Waals surface area contributed by atoms with Crippen molar-refractivity contribution in [1.82, 2.24) is 10.2 Å². The summed E-state index contributed by atoms with van der Waals surface area (Å²) >= 11 is 0. The van der Waals surface area contributed by atoms with Gasteiger partial charge in [-0.05, 0) is 58.9 Å². The molecule has 0 radical (unpaired) electrons. The highest BCUT2D eigenvalue weighted by molar-refractivity contribution is 6.11. The molecule has 1 unspecified atom stereocenters. The van der Waals surface area contributed by atoms with Crippen LogP contribution in [0.25, 0.3) is 11.1 Å². The van der Waals surface area contributed by atoms with E-state index >= 15 is 0 Å². The lowest BCUT2D eigenvalue weighted by Gasteiger charge is -2.25. The Morgan fingerprint density at radius 3 is 2.47 bits per heavy atom. The number of amides is 3. The third-order valence-electron chi connectivity index (χ3n) is 6.47. The van der Waals surface area contributed by atoms with E-state index in [9.17, 15) is 18.8 Å². The van der Waals surface area contributed by atoms with Gasteiger partial charge < -0.3 is 5.32 Å². The summed E-state index contributed by atoms with van der Waals surface area (Å²) in [4.78, 5) is 40.0. The van der Waals surface area contributed by atoms with Gasteiger partial charge in [-0.1, -0.05) is 55.5 Å². The summed E-state index contributed by atoms with van der Waals surface area (Å²) in [6, 6.07) is 18.4. The van der Waals surface area contributed by atoms with Crippen molar-refractivity contribution in [3.63, 3.8) is 0 Å². The highest BCUT2D eigenvalue weighted by Gasteiger charge is 2.51. The molecule has 3 aromatic rings. The van der Waals surface area contributed by atoms with Crippen LogP contribution >= 0.6 is 0 Å². The van der Waals surface area contributed by atoms with Crippen LogP contribution in [0.5, 0.6) is 0 Å². The summed E-state index contributed by atoms with van der Waals surface area (Å²) in [5, 5.41) is 2.73. The summed E-state index contributed by atoms with van der Waals surface area (Å²) in [6.07, 6.45) is 1.10. The van der Waals surface area contributed by atoms with E-state index in [0.29, 0.717) is 11.1 Å². The zero-order valence-corrected chi connectivity index (χ0v) is 17.5. The highest BCUT2D eigenvalue weighted by Crippen LogP contribution is 2.37. The predicted molar refractivity (Wildman–Crippen MR) is 118 cm³/mol. The number of Topliss-reactive ketones (excluding diaryl/α,β-unsaturated/α-hetero) is 1. The van der Waals surface area contributed by atoms with E-state index < -0.39 is 23.3 Å². The highest BCUT2D eigenvalue weighted by atomic mass is 19.1. The number of urea groups is 1. The first-order chi connectivity index (χ1) is 15.4. The van der Waals surface area contributed by atoms with Gasteiger partial charge in [0.2, 0.25) is 0 Å². The van der Waals surface area contributed by atoms with Gasteiger partial charge in [0.05, 0.1) is 6.54 Å². The Morgan fingerprint density at radius 1 is 1.00 bits per heavy atom. The van der Waals surface area contributed by atoms with Crippen LogP contribution in [0.2, 0.25) is 0 Å². The van der Waals surface area contributed by atoms with Crippen molar-refractivity contribution in [3.05, 3.63) is 94.8 Å². The number of hydrogen-bond acceptors (Lipinski definition) is 3. The van der Waals surface area contributed by atoms with Crippen molar-refractivity contribution < 1.29 is 18.8 Å². The summed E-state index contributed by atoms with van der Waals surface area (Å²) in [5.74, 6) is -1.25. The number of carbonyl (C=O) groups excluding carboxylic acids is 3. The normalized spacial score (nSPS) is 19.0. The lowest BCUT2D eigenvalue weighted by molar-refractivity contribution is -0.131. The minimum absolute atomic E-state index is 0.281. The van der Waals surface area contributed by atoms with Crippen molar-refractivity contribution in [2.24, 2.45) is 0 Å². The van der Waals surface area contributed by atoms with Gasteiger partial charge in [0.15, 0.2) is 5.78 Å². The smallest absolute Gasteiger partial charge is 0.319 e. The molecule has 1 aliphatic heterocycles. The zero-order chi connectivity index (χ0) is 22.5. The van der Waals surface area contributed by atoms with Gasteiger partial charge in [0.25, 0.3) is 5.91 Å². The van der Waals surface area contributed by atoms with E-state index in [1.54, 1.807) is 13.0 Å². The van der Waals surface area contributed by atoms with Crippen LogP contribution < -0.4 is 5.32 Å². The molecule has 5 rings (SSSR count). The Balaban J connectivity index is 1.41. The lowest BCUT2D eigenvalue weighted by Crippen LogP contribution is -2.43. The van der Waals surface area contributed by atoms with E-state index in [-0.39, 0.29) is 18.7 Å². The molecule has 1 saturated heterocycles.